The first-order chi connectivity index (χ1) is 18.5. The molecular weight excluding hydrogens is 506 g/mol. The monoisotopic (exact) mass is 534 g/mol. The van der Waals surface area contributed by atoms with Gasteiger partial charge in [-0.25, -0.2) is 23.7 Å². The summed E-state index contributed by atoms with van der Waals surface area (Å²) < 4.78 is 28.9. The molecule has 2 amide bonds. The number of amides is 2. The molecule has 0 unspecified atom stereocenters. The zero-order valence-corrected chi connectivity index (χ0v) is 22.0. The van der Waals surface area contributed by atoms with E-state index < -0.39 is 17.5 Å². The van der Waals surface area contributed by atoms with Crippen molar-refractivity contribution in [3.8, 4) is 23.1 Å². The first kappa shape index (κ1) is 27.4. The number of carbonyl (C=O) groups excluding carboxylic acids is 2. The number of benzene rings is 1. The van der Waals surface area contributed by atoms with Gasteiger partial charge in [-0.1, -0.05) is 20.8 Å². The molecule has 1 saturated heterocycles. The molecule has 0 spiro atoms. The number of fused-ring (bicyclic) bond motifs is 1. The Morgan fingerprint density at radius 3 is 2.46 bits per heavy atom. The zero-order chi connectivity index (χ0) is 28.3. The molecular formula is C27H28F2N8O2. The Balaban J connectivity index is 0.000000826. The van der Waals surface area contributed by atoms with Crippen LogP contribution in [0.3, 0.4) is 0 Å². The minimum absolute atomic E-state index is 0.163. The van der Waals surface area contributed by atoms with Crippen molar-refractivity contribution in [1.29, 1.82) is 5.26 Å². The summed E-state index contributed by atoms with van der Waals surface area (Å²) >= 11 is 0. The molecule has 1 fully saturated rings. The second-order valence-electron chi connectivity index (χ2n) is 9.87. The van der Waals surface area contributed by atoms with Gasteiger partial charge in [0, 0.05) is 31.5 Å². The van der Waals surface area contributed by atoms with E-state index in [1.807, 2.05) is 0 Å². The standard InChI is InChI=1S/C23H18F2N8O2.C4H10/c1-12-30-19(11-33(12)16-3-14(24)2-15(25)4-16)18-7-28-22-21(31-18)17(6-27-22)23(35)29-8-20(34)32-9-13(5-26)10-32;1-4(2)3/h2-4,6-7,11,13H,8-10H2,1H3,(H,27,28)(H,29,35);4H,1-3H3. The molecule has 39 heavy (non-hydrogen) atoms. The van der Waals surface area contributed by atoms with Crippen molar-refractivity contribution >= 4 is 23.0 Å². The van der Waals surface area contributed by atoms with Crippen LogP contribution in [0.4, 0.5) is 8.78 Å². The normalized spacial score (nSPS) is 13.0. The first-order valence-corrected chi connectivity index (χ1v) is 12.4. The number of imidazole rings is 1. The molecule has 2 N–H and O–H groups in total. The van der Waals surface area contributed by atoms with E-state index in [2.05, 4.69) is 52.1 Å². The van der Waals surface area contributed by atoms with Gasteiger partial charge < -0.3 is 19.8 Å². The predicted molar refractivity (Wildman–Crippen MR) is 140 cm³/mol. The Morgan fingerprint density at radius 1 is 1.15 bits per heavy atom. The predicted octanol–water partition coefficient (Wildman–Crippen LogP) is 3.77. The van der Waals surface area contributed by atoms with Crippen LogP contribution in [-0.2, 0) is 4.79 Å². The number of H-pyrrole nitrogens is 1. The second-order valence-corrected chi connectivity index (χ2v) is 9.87. The average molecular weight is 535 g/mol. The minimum Gasteiger partial charge on any atom is -0.344 e. The van der Waals surface area contributed by atoms with Crippen LogP contribution in [-0.4, -0.2) is 60.9 Å². The second kappa shape index (κ2) is 11.4. The van der Waals surface area contributed by atoms with Gasteiger partial charge in [-0.15, -0.1) is 0 Å². The number of nitriles is 1. The van der Waals surface area contributed by atoms with Gasteiger partial charge >= 0.3 is 0 Å². The lowest BCUT2D eigenvalue weighted by Crippen LogP contribution is -2.52. The number of rotatable bonds is 5. The number of nitrogens with zero attached hydrogens (tertiary/aromatic N) is 6. The lowest BCUT2D eigenvalue weighted by Gasteiger charge is -2.35. The van der Waals surface area contributed by atoms with Crippen LogP contribution >= 0.6 is 0 Å². The third-order valence-electron chi connectivity index (χ3n) is 5.71. The van der Waals surface area contributed by atoms with Gasteiger partial charge in [-0.2, -0.15) is 5.26 Å². The van der Waals surface area contributed by atoms with Crippen molar-refractivity contribution in [2.24, 2.45) is 11.8 Å². The van der Waals surface area contributed by atoms with Gasteiger partial charge in [0.25, 0.3) is 5.91 Å². The molecule has 0 atom stereocenters. The third kappa shape index (κ3) is 6.26. The molecule has 202 valence electrons. The average Bonchev–Trinajstić information content (AvgIpc) is 3.44. The number of aryl methyl sites for hydroxylation is 1. The first-order valence-electron chi connectivity index (χ1n) is 12.4. The third-order valence-corrected chi connectivity index (χ3v) is 5.71. The fraction of sp³-hybridized carbons (Fsp3) is 0.333. The zero-order valence-electron chi connectivity index (χ0n) is 22.0. The van der Waals surface area contributed by atoms with Crippen LogP contribution < -0.4 is 5.32 Å². The van der Waals surface area contributed by atoms with Crippen LogP contribution in [0.5, 0.6) is 0 Å². The molecule has 1 aromatic carbocycles. The number of likely N-dealkylation sites (tertiary alicyclic amines) is 1. The molecule has 4 aromatic rings. The van der Waals surface area contributed by atoms with Crippen LogP contribution in [0.2, 0.25) is 0 Å². The van der Waals surface area contributed by atoms with E-state index in [9.17, 15) is 18.4 Å². The summed E-state index contributed by atoms with van der Waals surface area (Å²) in [6.45, 7) is 8.70. The Bertz CT molecular complexity index is 1540. The summed E-state index contributed by atoms with van der Waals surface area (Å²) in [4.78, 5) is 42.5. The summed E-state index contributed by atoms with van der Waals surface area (Å²) in [5.74, 6) is -1.06. The number of carbonyl (C=O) groups is 2. The molecule has 0 aliphatic carbocycles. The smallest absolute Gasteiger partial charge is 0.255 e. The van der Waals surface area contributed by atoms with Crippen molar-refractivity contribution in [2.45, 2.75) is 27.7 Å². The number of aromatic nitrogens is 5. The fourth-order valence-corrected chi connectivity index (χ4v) is 3.85. The summed E-state index contributed by atoms with van der Waals surface area (Å²) in [6, 6.07) is 5.25. The van der Waals surface area contributed by atoms with Crippen molar-refractivity contribution in [1.82, 2.24) is 34.7 Å². The van der Waals surface area contributed by atoms with E-state index in [-0.39, 0.29) is 35.1 Å². The van der Waals surface area contributed by atoms with E-state index in [1.165, 1.54) is 34.0 Å². The van der Waals surface area contributed by atoms with Gasteiger partial charge in [0.05, 0.1) is 36.0 Å². The van der Waals surface area contributed by atoms with Gasteiger partial charge in [0.2, 0.25) is 5.91 Å². The van der Waals surface area contributed by atoms with Crippen molar-refractivity contribution in [3.63, 3.8) is 0 Å². The maximum atomic E-state index is 13.7. The van der Waals surface area contributed by atoms with Crippen molar-refractivity contribution in [2.75, 3.05) is 19.6 Å². The number of nitrogens with one attached hydrogen (secondary N) is 2. The molecule has 1 aliphatic rings. The SMILES string of the molecule is CC(C)C.Cc1nc(-c2cnc3[nH]cc(C(=O)NCC(=O)N4CC(C#N)C4)c3n2)cn1-c1cc(F)cc(F)c1. The fourth-order valence-electron chi connectivity index (χ4n) is 3.85. The topological polar surface area (TPSA) is 133 Å². The molecule has 0 bridgehead atoms. The quantitative estimate of drug-likeness (QED) is 0.401. The van der Waals surface area contributed by atoms with Crippen molar-refractivity contribution < 1.29 is 18.4 Å². The summed E-state index contributed by atoms with van der Waals surface area (Å²) in [5.41, 5.74) is 1.86. The Kier molecular flexibility index (Phi) is 7.99. The van der Waals surface area contributed by atoms with Gasteiger partial charge in [-0.3, -0.25) is 9.59 Å². The molecule has 3 aromatic heterocycles. The Hall–Kier alpha value is -4.66. The highest BCUT2D eigenvalue weighted by Gasteiger charge is 2.30. The molecule has 5 rings (SSSR count). The van der Waals surface area contributed by atoms with E-state index in [4.69, 9.17) is 5.26 Å². The molecule has 0 saturated carbocycles. The maximum Gasteiger partial charge on any atom is 0.255 e. The van der Waals surface area contributed by atoms with Gasteiger partial charge in [0.1, 0.15) is 34.4 Å². The van der Waals surface area contributed by atoms with E-state index in [0.29, 0.717) is 35.9 Å². The van der Waals surface area contributed by atoms with E-state index in [0.717, 1.165) is 12.0 Å². The summed E-state index contributed by atoms with van der Waals surface area (Å²) in [6.07, 6.45) is 4.49. The van der Waals surface area contributed by atoms with Crippen LogP contribution in [0, 0.1) is 41.7 Å². The minimum atomic E-state index is -0.712. The molecule has 1 aliphatic heterocycles. The Morgan fingerprint density at radius 2 is 1.82 bits per heavy atom. The lowest BCUT2D eigenvalue weighted by atomic mass is 10.0. The van der Waals surface area contributed by atoms with E-state index >= 15 is 0 Å². The molecule has 12 heteroatoms. The van der Waals surface area contributed by atoms with Crippen LogP contribution in [0.15, 0.2) is 36.8 Å². The number of hydrogen-bond donors (Lipinski definition) is 2. The number of aromatic amines is 1. The number of hydrogen-bond acceptors (Lipinski definition) is 6. The summed E-state index contributed by atoms with van der Waals surface area (Å²) in [5, 5.41) is 11.4. The van der Waals surface area contributed by atoms with Crippen molar-refractivity contribution in [3.05, 3.63) is 59.8 Å². The number of halogens is 2. The maximum absolute atomic E-state index is 13.7. The van der Waals surface area contributed by atoms with E-state index in [1.54, 1.807) is 13.1 Å². The molecule has 0 radical (unpaired) electrons. The Labute approximate surface area is 223 Å². The van der Waals surface area contributed by atoms with Crippen LogP contribution in [0.1, 0.15) is 37.0 Å². The largest absolute Gasteiger partial charge is 0.344 e. The highest BCUT2D eigenvalue weighted by Crippen LogP contribution is 2.23. The molecule has 10 nitrogen and oxygen atoms in total. The van der Waals surface area contributed by atoms with Gasteiger partial charge in [0.15, 0.2) is 5.65 Å². The van der Waals surface area contributed by atoms with Gasteiger partial charge in [-0.05, 0) is 25.0 Å². The van der Waals surface area contributed by atoms with Crippen LogP contribution in [0.25, 0.3) is 28.2 Å². The summed E-state index contributed by atoms with van der Waals surface area (Å²) in [7, 11) is 0. The highest BCUT2D eigenvalue weighted by molar-refractivity contribution is 6.05. The highest BCUT2D eigenvalue weighted by atomic mass is 19.1. The lowest BCUT2D eigenvalue weighted by molar-refractivity contribution is -0.135. The molecule has 4 heterocycles.